The number of benzene rings is 2. The molecule has 190 valence electrons. The Morgan fingerprint density at radius 3 is 2.69 bits per heavy atom. The fourth-order valence-electron chi connectivity index (χ4n) is 3.32. The standard InChI is InChI=1S/C24H23ClF2N4O5/c1-31(23(34)29-12-15-3-2-4-19(27)22(15)25)18(7-8-21(32)33)13-36-24(35)30-20-10-16-9-17(26)6-5-14(16)11-28-20/h2-6,9-11,18H,7-8,12-13H2,1H3,(H,29,34)(H,32,33)(H,28,30,35)/t18-/m0/s1. The molecule has 1 aromatic heterocycles. The van der Waals surface area contributed by atoms with Crippen molar-refractivity contribution in [3.63, 3.8) is 0 Å². The van der Waals surface area contributed by atoms with E-state index in [1.807, 2.05) is 0 Å². The highest BCUT2D eigenvalue weighted by Gasteiger charge is 2.23. The van der Waals surface area contributed by atoms with Crippen LogP contribution in [0.1, 0.15) is 18.4 Å². The molecule has 0 saturated heterocycles. The first-order valence-electron chi connectivity index (χ1n) is 10.8. The van der Waals surface area contributed by atoms with Crippen molar-refractivity contribution >= 4 is 46.3 Å². The number of carboxylic acids is 1. The normalized spacial score (nSPS) is 11.6. The number of aromatic nitrogens is 1. The molecule has 9 nitrogen and oxygen atoms in total. The van der Waals surface area contributed by atoms with Crippen LogP contribution in [0.5, 0.6) is 0 Å². The van der Waals surface area contributed by atoms with Gasteiger partial charge in [0.05, 0.1) is 11.1 Å². The van der Waals surface area contributed by atoms with Gasteiger partial charge in [-0.25, -0.2) is 23.4 Å². The number of urea groups is 1. The van der Waals surface area contributed by atoms with E-state index in [4.69, 9.17) is 21.4 Å². The maximum absolute atomic E-state index is 13.6. The Morgan fingerprint density at radius 2 is 1.94 bits per heavy atom. The molecule has 3 amide bonds. The van der Waals surface area contributed by atoms with Crippen molar-refractivity contribution in [1.29, 1.82) is 0 Å². The maximum Gasteiger partial charge on any atom is 0.412 e. The third-order valence-corrected chi connectivity index (χ3v) is 5.77. The van der Waals surface area contributed by atoms with E-state index in [1.54, 1.807) is 12.1 Å². The summed E-state index contributed by atoms with van der Waals surface area (Å²) < 4.78 is 32.3. The van der Waals surface area contributed by atoms with Gasteiger partial charge in [0, 0.05) is 31.6 Å². The molecule has 1 atom stereocenters. The minimum absolute atomic E-state index is 0.000750. The quantitative estimate of drug-likeness (QED) is 0.373. The second-order valence-electron chi connectivity index (χ2n) is 7.85. The molecular weight excluding hydrogens is 498 g/mol. The predicted molar refractivity (Wildman–Crippen MR) is 129 cm³/mol. The van der Waals surface area contributed by atoms with Gasteiger partial charge in [0.25, 0.3) is 0 Å². The van der Waals surface area contributed by atoms with Crippen LogP contribution in [0.15, 0.2) is 48.7 Å². The van der Waals surface area contributed by atoms with Gasteiger partial charge in [-0.3, -0.25) is 10.1 Å². The minimum Gasteiger partial charge on any atom is -0.481 e. The number of hydrogen-bond acceptors (Lipinski definition) is 5. The van der Waals surface area contributed by atoms with Crippen LogP contribution in [0.4, 0.5) is 24.2 Å². The molecule has 3 N–H and O–H groups in total. The van der Waals surface area contributed by atoms with E-state index < -0.39 is 35.8 Å². The van der Waals surface area contributed by atoms with Gasteiger partial charge in [-0.1, -0.05) is 23.7 Å². The molecule has 12 heteroatoms. The Labute approximate surface area is 210 Å². The zero-order chi connectivity index (χ0) is 26.2. The molecule has 2 aromatic carbocycles. The number of likely N-dealkylation sites (N-methyl/N-ethyl adjacent to an activating group) is 1. The van der Waals surface area contributed by atoms with Crippen LogP contribution >= 0.6 is 11.6 Å². The molecular formula is C24H23ClF2N4O5. The van der Waals surface area contributed by atoms with Crippen molar-refractivity contribution < 1.29 is 33.0 Å². The molecule has 1 heterocycles. The third-order valence-electron chi connectivity index (χ3n) is 5.34. The van der Waals surface area contributed by atoms with Gasteiger partial charge < -0.3 is 20.1 Å². The second kappa shape index (κ2) is 12.1. The van der Waals surface area contributed by atoms with Gasteiger partial charge in [-0.05, 0) is 47.7 Å². The summed E-state index contributed by atoms with van der Waals surface area (Å²) in [5, 5.41) is 15.1. The van der Waals surface area contributed by atoms with Crippen LogP contribution in [0.3, 0.4) is 0 Å². The van der Waals surface area contributed by atoms with Crippen LogP contribution in [-0.4, -0.2) is 52.8 Å². The van der Waals surface area contributed by atoms with Gasteiger partial charge in [-0.15, -0.1) is 0 Å². The van der Waals surface area contributed by atoms with Crippen molar-refractivity contribution in [3.05, 3.63) is 70.9 Å². The van der Waals surface area contributed by atoms with Gasteiger partial charge in [0.1, 0.15) is 24.1 Å². The summed E-state index contributed by atoms with van der Waals surface area (Å²) in [6.07, 6.45) is 0.295. The fourth-order valence-corrected chi connectivity index (χ4v) is 3.51. The number of carbonyl (C=O) groups is 3. The number of nitrogens with one attached hydrogen (secondary N) is 2. The molecule has 0 saturated carbocycles. The van der Waals surface area contributed by atoms with E-state index in [0.717, 1.165) is 0 Å². The lowest BCUT2D eigenvalue weighted by atomic mass is 10.1. The highest BCUT2D eigenvalue weighted by molar-refractivity contribution is 6.31. The molecule has 0 radical (unpaired) electrons. The van der Waals surface area contributed by atoms with Crippen molar-refractivity contribution in [2.75, 3.05) is 19.0 Å². The van der Waals surface area contributed by atoms with E-state index in [9.17, 15) is 23.2 Å². The Bertz CT molecular complexity index is 1280. The van der Waals surface area contributed by atoms with Crippen molar-refractivity contribution in [2.24, 2.45) is 0 Å². The third kappa shape index (κ3) is 7.25. The number of pyridine rings is 1. The predicted octanol–water partition coefficient (Wildman–Crippen LogP) is 4.79. The molecule has 0 fully saturated rings. The largest absolute Gasteiger partial charge is 0.481 e. The summed E-state index contributed by atoms with van der Waals surface area (Å²) in [5.41, 5.74) is 0.360. The van der Waals surface area contributed by atoms with Gasteiger partial charge >= 0.3 is 18.1 Å². The molecule has 0 aliphatic heterocycles. The van der Waals surface area contributed by atoms with Gasteiger partial charge in [-0.2, -0.15) is 0 Å². The number of ether oxygens (including phenoxy) is 1. The van der Waals surface area contributed by atoms with E-state index in [-0.39, 0.29) is 36.8 Å². The topological polar surface area (TPSA) is 121 Å². The highest BCUT2D eigenvalue weighted by atomic mass is 35.5. The Hall–Kier alpha value is -3.99. The maximum atomic E-state index is 13.6. The average molecular weight is 521 g/mol. The Morgan fingerprint density at radius 1 is 1.17 bits per heavy atom. The zero-order valence-corrected chi connectivity index (χ0v) is 19.9. The summed E-state index contributed by atoms with van der Waals surface area (Å²) in [6.45, 7) is -0.382. The summed E-state index contributed by atoms with van der Waals surface area (Å²) >= 11 is 5.90. The van der Waals surface area contributed by atoms with Crippen LogP contribution in [0.25, 0.3) is 10.8 Å². The average Bonchev–Trinajstić information content (AvgIpc) is 2.84. The molecule has 0 aliphatic carbocycles. The zero-order valence-electron chi connectivity index (χ0n) is 19.1. The first-order valence-corrected chi connectivity index (χ1v) is 11.2. The number of amides is 3. The second-order valence-corrected chi connectivity index (χ2v) is 8.23. The van der Waals surface area contributed by atoms with E-state index in [0.29, 0.717) is 16.3 Å². The number of carbonyl (C=O) groups excluding carboxylic acids is 2. The van der Waals surface area contributed by atoms with E-state index in [1.165, 1.54) is 48.5 Å². The Kier molecular flexibility index (Phi) is 8.96. The molecule has 3 aromatic rings. The lowest BCUT2D eigenvalue weighted by molar-refractivity contribution is -0.137. The summed E-state index contributed by atoms with van der Waals surface area (Å²) in [7, 11) is 1.41. The van der Waals surface area contributed by atoms with Crippen molar-refractivity contribution in [2.45, 2.75) is 25.4 Å². The molecule has 36 heavy (non-hydrogen) atoms. The van der Waals surface area contributed by atoms with E-state index >= 15 is 0 Å². The summed E-state index contributed by atoms with van der Waals surface area (Å²) in [5.74, 6) is -2.03. The first kappa shape index (κ1) is 26.6. The first-order chi connectivity index (χ1) is 17.1. The number of carboxylic acid groups (broad SMARTS) is 1. The van der Waals surface area contributed by atoms with Crippen LogP contribution < -0.4 is 10.6 Å². The smallest absolute Gasteiger partial charge is 0.412 e. The Balaban J connectivity index is 1.60. The molecule has 0 spiro atoms. The fraction of sp³-hybridized carbons (Fsp3) is 0.250. The minimum atomic E-state index is -1.09. The number of halogens is 3. The lowest BCUT2D eigenvalue weighted by Gasteiger charge is -2.28. The molecule has 0 bridgehead atoms. The van der Waals surface area contributed by atoms with Gasteiger partial charge in [0.2, 0.25) is 0 Å². The van der Waals surface area contributed by atoms with E-state index in [2.05, 4.69) is 15.6 Å². The van der Waals surface area contributed by atoms with Crippen LogP contribution in [0.2, 0.25) is 5.02 Å². The SMILES string of the molecule is CN(C(=O)NCc1cccc(F)c1Cl)[C@@H](CCC(=O)O)COC(=O)Nc1cc2cc(F)ccc2cn1. The van der Waals surface area contributed by atoms with Crippen LogP contribution in [-0.2, 0) is 16.1 Å². The number of aliphatic carboxylic acids is 1. The van der Waals surface area contributed by atoms with Gasteiger partial charge in [0.15, 0.2) is 0 Å². The van der Waals surface area contributed by atoms with Crippen molar-refractivity contribution in [1.82, 2.24) is 15.2 Å². The lowest BCUT2D eigenvalue weighted by Crippen LogP contribution is -2.46. The van der Waals surface area contributed by atoms with Crippen LogP contribution in [0, 0.1) is 11.6 Å². The molecule has 0 aliphatic rings. The number of nitrogens with zero attached hydrogens (tertiary/aromatic N) is 2. The molecule has 0 unspecified atom stereocenters. The summed E-state index contributed by atoms with van der Waals surface area (Å²) in [4.78, 5) is 41.2. The number of hydrogen-bond donors (Lipinski definition) is 3. The van der Waals surface area contributed by atoms with Crippen molar-refractivity contribution in [3.8, 4) is 0 Å². The number of anilines is 1. The summed E-state index contributed by atoms with van der Waals surface area (Å²) in [6, 6.07) is 8.42. The number of fused-ring (bicyclic) bond motifs is 1. The number of rotatable bonds is 9. The monoisotopic (exact) mass is 520 g/mol. The molecule has 3 rings (SSSR count). The highest BCUT2D eigenvalue weighted by Crippen LogP contribution is 2.20.